The Morgan fingerprint density at radius 1 is 1.26 bits per heavy atom. The Morgan fingerprint density at radius 3 is 2.57 bits per heavy atom. The summed E-state index contributed by atoms with van der Waals surface area (Å²) in [4.78, 5) is 7.26. The highest BCUT2D eigenvalue weighted by molar-refractivity contribution is 14.0. The van der Waals surface area contributed by atoms with Crippen molar-refractivity contribution in [1.29, 1.82) is 0 Å². The molecule has 23 heavy (non-hydrogen) atoms. The minimum absolute atomic E-state index is 0. The van der Waals surface area contributed by atoms with Crippen LogP contribution in [0.4, 0.5) is 0 Å². The summed E-state index contributed by atoms with van der Waals surface area (Å²) in [5, 5.41) is 6.39. The molecule has 0 aliphatic carbocycles. The third-order valence-electron chi connectivity index (χ3n) is 3.89. The van der Waals surface area contributed by atoms with Crippen LogP contribution < -0.4 is 10.6 Å². The first kappa shape index (κ1) is 19.8. The first-order chi connectivity index (χ1) is 10.8. The maximum absolute atomic E-state index is 5.32. The molecule has 0 amide bonds. The number of guanidine groups is 1. The molecule has 5 heteroatoms. The summed E-state index contributed by atoms with van der Waals surface area (Å²) in [5.41, 5.74) is 1.33. The molecule has 126 valence electrons. The average molecular weight is 426 g/mol. The van der Waals surface area contributed by atoms with Gasteiger partial charge in [-0.1, -0.05) is 36.3 Å². The number of likely N-dealkylation sites (tertiary alicyclic amines) is 1. The van der Waals surface area contributed by atoms with Gasteiger partial charge in [0, 0.05) is 6.54 Å². The van der Waals surface area contributed by atoms with Gasteiger partial charge in [0.05, 0.1) is 19.1 Å². The smallest absolute Gasteiger partial charge is 0.192 e. The van der Waals surface area contributed by atoms with Crippen molar-refractivity contribution in [2.24, 2.45) is 4.99 Å². The lowest BCUT2D eigenvalue weighted by Crippen LogP contribution is -2.38. The maximum Gasteiger partial charge on any atom is 0.192 e. The second-order valence-electron chi connectivity index (χ2n) is 5.45. The highest BCUT2D eigenvalue weighted by Crippen LogP contribution is 2.25. The van der Waals surface area contributed by atoms with Gasteiger partial charge in [-0.05, 0) is 38.4 Å². The topological polar surface area (TPSA) is 39.7 Å². The van der Waals surface area contributed by atoms with E-state index in [-0.39, 0.29) is 24.0 Å². The molecule has 1 saturated heterocycles. The van der Waals surface area contributed by atoms with Gasteiger partial charge in [-0.15, -0.1) is 30.4 Å². The van der Waals surface area contributed by atoms with Gasteiger partial charge in [0.25, 0.3) is 0 Å². The van der Waals surface area contributed by atoms with E-state index in [2.05, 4.69) is 58.7 Å². The van der Waals surface area contributed by atoms with Crippen LogP contribution in [0.3, 0.4) is 0 Å². The standard InChI is InChI=1S/C18H26N4.HI/c1-3-12-20-18(19-4-2)21-15-17(22-13-8-9-14-22)16-10-6-5-7-11-16;/h1,5-7,10-11,17H,4,8-9,12-15H2,2H3,(H2,19,20,21);1H. The summed E-state index contributed by atoms with van der Waals surface area (Å²) >= 11 is 0. The Balaban J connectivity index is 0.00000264. The first-order valence-electron chi connectivity index (χ1n) is 8.09. The van der Waals surface area contributed by atoms with Gasteiger partial charge in [0.15, 0.2) is 5.96 Å². The van der Waals surface area contributed by atoms with Gasteiger partial charge in [-0.3, -0.25) is 9.89 Å². The molecule has 0 radical (unpaired) electrons. The van der Waals surface area contributed by atoms with Gasteiger partial charge >= 0.3 is 0 Å². The molecular formula is C18H27IN4. The first-order valence-corrected chi connectivity index (χ1v) is 8.09. The van der Waals surface area contributed by atoms with Crippen molar-refractivity contribution in [3.8, 4) is 12.3 Å². The number of halogens is 1. The summed E-state index contributed by atoms with van der Waals surface area (Å²) in [6.07, 6.45) is 7.88. The monoisotopic (exact) mass is 426 g/mol. The summed E-state index contributed by atoms with van der Waals surface area (Å²) in [7, 11) is 0. The third kappa shape index (κ3) is 6.40. The summed E-state index contributed by atoms with van der Waals surface area (Å²) in [6, 6.07) is 11.0. The van der Waals surface area contributed by atoms with Crippen LogP contribution in [0.25, 0.3) is 0 Å². The molecule has 2 rings (SSSR count). The number of benzene rings is 1. The minimum Gasteiger partial charge on any atom is -0.357 e. The van der Waals surface area contributed by atoms with Crippen molar-refractivity contribution in [1.82, 2.24) is 15.5 Å². The third-order valence-corrected chi connectivity index (χ3v) is 3.89. The molecule has 1 aromatic rings. The van der Waals surface area contributed by atoms with Gasteiger partial charge < -0.3 is 10.6 Å². The Morgan fingerprint density at radius 2 is 1.96 bits per heavy atom. The molecular weight excluding hydrogens is 399 g/mol. The fourth-order valence-electron chi connectivity index (χ4n) is 2.81. The van der Waals surface area contributed by atoms with E-state index in [0.29, 0.717) is 12.6 Å². The van der Waals surface area contributed by atoms with Crippen LogP contribution in [0.2, 0.25) is 0 Å². The molecule has 2 N–H and O–H groups in total. The van der Waals surface area contributed by atoms with E-state index in [1.165, 1.54) is 18.4 Å². The van der Waals surface area contributed by atoms with Gasteiger partial charge in [0.2, 0.25) is 0 Å². The lowest BCUT2D eigenvalue weighted by molar-refractivity contribution is 0.251. The van der Waals surface area contributed by atoms with E-state index in [1.807, 2.05) is 0 Å². The van der Waals surface area contributed by atoms with E-state index in [4.69, 9.17) is 11.4 Å². The van der Waals surface area contributed by atoms with Gasteiger partial charge in [-0.2, -0.15) is 0 Å². The zero-order chi connectivity index (χ0) is 15.6. The SMILES string of the molecule is C#CCNC(=NCC(c1ccccc1)N1CCCC1)NCC.I. The van der Waals surface area contributed by atoms with Crippen molar-refractivity contribution >= 4 is 29.9 Å². The molecule has 1 aromatic carbocycles. The Kier molecular flexibility index (Phi) is 9.72. The normalized spacial score (nSPS) is 16.3. The molecule has 1 aliphatic heterocycles. The molecule has 0 aromatic heterocycles. The molecule has 1 unspecified atom stereocenters. The van der Waals surface area contributed by atoms with Gasteiger partial charge in [-0.25, -0.2) is 0 Å². The predicted octanol–water partition coefficient (Wildman–Crippen LogP) is 2.63. The Hall–Kier alpha value is -1.26. The number of nitrogens with one attached hydrogen (secondary N) is 2. The van der Waals surface area contributed by atoms with Crippen molar-refractivity contribution in [3.05, 3.63) is 35.9 Å². The summed E-state index contributed by atoms with van der Waals surface area (Å²) in [5.74, 6) is 3.38. The second kappa shape index (κ2) is 11.3. The molecule has 1 fully saturated rings. The maximum atomic E-state index is 5.32. The molecule has 1 aliphatic rings. The number of terminal acetylenes is 1. The van der Waals surface area contributed by atoms with Crippen molar-refractivity contribution in [3.63, 3.8) is 0 Å². The van der Waals surface area contributed by atoms with Crippen molar-refractivity contribution in [2.45, 2.75) is 25.8 Å². The van der Waals surface area contributed by atoms with Crippen LogP contribution >= 0.6 is 24.0 Å². The molecule has 1 atom stereocenters. The minimum atomic E-state index is 0. The number of rotatable bonds is 6. The van der Waals surface area contributed by atoms with Crippen molar-refractivity contribution in [2.75, 3.05) is 32.7 Å². The highest BCUT2D eigenvalue weighted by Gasteiger charge is 2.23. The fourth-order valence-corrected chi connectivity index (χ4v) is 2.81. The van der Waals surface area contributed by atoms with E-state index in [9.17, 15) is 0 Å². The average Bonchev–Trinajstić information content (AvgIpc) is 3.08. The molecule has 0 saturated carbocycles. The molecule has 1 heterocycles. The van der Waals surface area contributed by atoms with E-state index in [1.54, 1.807) is 0 Å². The van der Waals surface area contributed by atoms with Crippen LogP contribution in [0, 0.1) is 12.3 Å². The molecule has 0 spiro atoms. The number of aliphatic imine (C=N–C) groups is 1. The number of hydrogen-bond acceptors (Lipinski definition) is 2. The molecule has 0 bridgehead atoms. The van der Waals surface area contributed by atoms with Crippen LogP contribution in [0.1, 0.15) is 31.4 Å². The molecule has 4 nitrogen and oxygen atoms in total. The number of nitrogens with zero attached hydrogens (tertiary/aromatic N) is 2. The van der Waals surface area contributed by atoms with E-state index < -0.39 is 0 Å². The van der Waals surface area contributed by atoms with Crippen LogP contribution in [0.5, 0.6) is 0 Å². The quantitative estimate of drug-likeness (QED) is 0.318. The Bertz CT molecular complexity index is 504. The zero-order valence-corrected chi connectivity index (χ0v) is 16.1. The van der Waals surface area contributed by atoms with Crippen molar-refractivity contribution < 1.29 is 0 Å². The largest absolute Gasteiger partial charge is 0.357 e. The van der Waals surface area contributed by atoms with Gasteiger partial charge in [0.1, 0.15) is 0 Å². The lowest BCUT2D eigenvalue weighted by Gasteiger charge is -2.27. The fraction of sp³-hybridized carbons (Fsp3) is 0.500. The second-order valence-corrected chi connectivity index (χ2v) is 5.45. The van der Waals surface area contributed by atoms with Crippen LogP contribution in [-0.2, 0) is 0 Å². The highest BCUT2D eigenvalue weighted by atomic mass is 127. The van der Waals surface area contributed by atoms with E-state index in [0.717, 1.165) is 32.1 Å². The predicted molar refractivity (Wildman–Crippen MR) is 108 cm³/mol. The lowest BCUT2D eigenvalue weighted by atomic mass is 10.1. The zero-order valence-electron chi connectivity index (χ0n) is 13.8. The van der Waals surface area contributed by atoms with E-state index >= 15 is 0 Å². The number of hydrogen-bond donors (Lipinski definition) is 2. The van der Waals surface area contributed by atoms with Crippen LogP contribution in [-0.4, -0.2) is 43.6 Å². The Labute approximate surface area is 157 Å². The summed E-state index contributed by atoms with van der Waals surface area (Å²) < 4.78 is 0. The van der Waals surface area contributed by atoms with Crippen LogP contribution in [0.15, 0.2) is 35.3 Å². The summed E-state index contributed by atoms with van der Waals surface area (Å²) in [6.45, 7) is 6.43.